The number of hydrogen-bond acceptors (Lipinski definition) is 0. The Morgan fingerprint density at radius 1 is 1.00 bits per heavy atom. The van der Waals surface area contributed by atoms with Gasteiger partial charge in [-0.3, -0.25) is 0 Å². The lowest BCUT2D eigenvalue weighted by Gasteiger charge is -1.73. The van der Waals surface area contributed by atoms with Crippen LogP contribution in [0, 0.1) is 0 Å². The normalized spacial score (nSPS) is 11.4. The van der Waals surface area contributed by atoms with E-state index in [9.17, 15) is 0 Å². The number of hydrogen-bond donors (Lipinski definition) is 0. The van der Waals surface area contributed by atoms with Gasteiger partial charge in [-0.1, -0.05) is 12.2 Å². The van der Waals surface area contributed by atoms with Crippen molar-refractivity contribution in [3.63, 3.8) is 0 Å². The fourth-order valence-corrected chi connectivity index (χ4v) is 0.236. The lowest BCUT2D eigenvalue weighted by Crippen LogP contribution is -1.57. The molecule has 0 aromatic carbocycles. The molecule has 0 spiro atoms. The Balaban J connectivity index is 2.98. The predicted octanol–water partition coefficient (Wildman–Crippen LogP) is 0.741. The van der Waals surface area contributed by atoms with Gasteiger partial charge in [0, 0.05) is 0 Å². The van der Waals surface area contributed by atoms with Crippen molar-refractivity contribution in [2.45, 2.75) is 6.42 Å². The molecule has 0 heterocycles. The van der Waals surface area contributed by atoms with Gasteiger partial charge in [-0.25, -0.2) is 0 Å². The summed E-state index contributed by atoms with van der Waals surface area (Å²) in [5.74, 6) is 3.00. The third-order valence-corrected chi connectivity index (χ3v) is 0.544. The molecule has 2 heteroatoms. The summed E-state index contributed by atoms with van der Waals surface area (Å²) in [6, 6.07) is 0. The summed E-state index contributed by atoms with van der Waals surface area (Å²) in [6.07, 6.45) is 4.47. The topological polar surface area (TPSA) is 0 Å². The highest BCUT2D eigenvalue weighted by atomic mass is 13.6. The van der Waals surface area contributed by atoms with Crippen LogP contribution in [0.5, 0.6) is 0 Å². The van der Waals surface area contributed by atoms with E-state index in [4.69, 9.17) is 15.7 Å². The molecule has 0 aliphatic carbocycles. The first-order chi connectivity index (χ1) is 3.41. The Labute approximate surface area is 47.1 Å². The van der Waals surface area contributed by atoms with Crippen molar-refractivity contribution in [1.29, 1.82) is 0 Å². The van der Waals surface area contributed by atoms with Crippen molar-refractivity contribution in [3.05, 3.63) is 24.1 Å². The zero-order valence-electron chi connectivity index (χ0n) is 4.17. The Bertz CT molecular complexity index is 64.1. The summed E-state index contributed by atoms with van der Waals surface area (Å²) in [7, 11) is 10.0. The van der Waals surface area contributed by atoms with Crippen molar-refractivity contribution in [3.8, 4) is 0 Å². The van der Waals surface area contributed by atoms with Crippen LogP contribution in [0.1, 0.15) is 6.42 Å². The maximum absolute atomic E-state index is 5.01. The van der Waals surface area contributed by atoms with Gasteiger partial charge in [0.1, 0.15) is 15.7 Å². The standard InChI is InChI=1S/C5H6B2/c6-4-2-1-3-5-7/h2-5H,1H2/b4-2+,5-3+. The first-order valence-electron chi connectivity index (χ1n) is 2.15. The first kappa shape index (κ1) is 6.61. The van der Waals surface area contributed by atoms with E-state index in [1.54, 1.807) is 0 Å². The van der Waals surface area contributed by atoms with Crippen LogP contribution in [-0.4, -0.2) is 15.7 Å². The molecule has 4 radical (unpaired) electrons. The summed E-state index contributed by atoms with van der Waals surface area (Å²) in [5.41, 5.74) is 0. The van der Waals surface area contributed by atoms with Crippen molar-refractivity contribution in [2.75, 3.05) is 0 Å². The van der Waals surface area contributed by atoms with E-state index in [0.29, 0.717) is 0 Å². The van der Waals surface area contributed by atoms with Crippen LogP contribution in [0.15, 0.2) is 24.1 Å². The number of rotatable bonds is 2. The molecule has 0 atom stereocenters. The van der Waals surface area contributed by atoms with Crippen LogP contribution in [0.2, 0.25) is 0 Å². The molecule has 0 N–H and O–H groups in total. The molecule has 0 unspecified atom stereocenters. The molecule has 32 valence electrons. The second-order valence-corrected chi connectivity index (χ2v) is 1.09. The molecular weight excluding hydrogens is 81.7 g/mol. The number of allylic oxidation sites excluding steroid dienone is 2. The Hall–Kier alpha value is -0.390. The zero-order chi connectivity index (χ0) is 5.54. The largest absolute Gasteiger partial charge is 0.135 e. The highest BCUT2D eigenvalue weighted by molar-refractivity contribution is 6.17. The molecule has 0 aromatic heterocycles. The minimum Gasteiger partial charge on any atom is -0.135 e. The Morgan fingerprint density at radius 2 is 1.43 bits per heavy atom. The highest BCUT2D eigenvalue weighted by Crippen LogP contribution is 1.80. The predicted molar refractivity (Wildman–Crippen MR) is 34.4 cm³/mol. The van der Waals surface area contributed by atoms with Gasteiger partial charge in [0.05, 0.1) is 0 Å². The van der Waals surface area contributed by atoms with E-state index >= 15 is 0 Å². The van der Waals surface area contributed by atoms with E-state index in [2.05, 4.69) is 0 Å². The SMILES string of the molecule is [B]/C=C/C/C=C/[B]. The van der Waals surface area contributed by atoms with E-state index < -0.39 is 0 Å². The van der Waals surface area contributed by atoms with Crippen LogP contribution in [0.25, 0.3) is 0 Å². The third kappa shape index (κ3) is 5.61. The quantitative estimate of drug-likeness (QED) is 0.436. The van der Waals surface area contributed by atoms with Gasteiger partial charge in [0.25, 0.3) is 0 Å². The van der Waals surface area contributed by atoms with Crippen molar-refractivity contribution in [2.24, 2.45) is 0 Å². The van der Waals surface area contributed by atoms with Gasteiger partial charge in [-0.2, -0.15) is 0 Å². The van der Waals surface area contributed by atoms with E-state index in [1.165, 1.54) is 12.0 Å². The molecule has 0 rings (SSSR count). The molecule has 0 fully saturated rings. The van der Waals surface area contributed by atoms with E-state index in [0.717, 1.165) is 6.42 Å². The average Bonchev–Trinajstić information content (AvgIpc) is 1.69. The third-order valence-electron chi connectivity index (χ3n) is 0.544. The van der Waals surface area contributed by atoms with Gasteiger partial charge in [-0.15, -0.1) is 12.0 Å². The smallest absolute Gasteiger partial charge is 0.102 e. The van der Waals surface area contributed by atoms with E-state index in [1.807, 2.05) is 12.2 Å². The highest BCUT2D eigenvalue weighted by Gasteiger charge is 1.61. The van der Waals surface area contributed by atoms with Gasteiger partial charge in [0.15, 0.2) is 0 Å². The summed E-state index contributed by atoms with van der Waals surface area (Å²) < 4.78 is 0. The average molecular weight is 87.7 g/mol. The fourth-order valence-electron chi connectivity index (χ4n) is 0.236. The summed E-state index contributed by atoms with van der Waals surface area (Å²) in [4.78, 5) is 0. The maximum Gasteiger partial charge on any atom is 0.102 e. The van der Waals surface area contributed by atoms with Gasteiger partial charge in [-0.05, 0) is 6.42 Å². The molecule has 7 heavy (non-hydrogen) atoms. The Kier molecular flexibility index (Phi) is 5.30. The lowest BCUT2D eigenvalue weighted by molar-refractivity contribution is 1.41. The van der Waals surface area contributed by atoms with Gasteiger partial charge < -0.3 is 0 Å². The van der Waals surface area contributed by atoms with Crippen LogP contribution < -0.4 is 0 Å². The second-order valence-electron chi connectivity index (χ2n) is 1.09. The minimum absolute atomic E-state index is 0.826. The molecule has 0 nitrogen and oxygen atoms in total. The first-order valence-corrected chi connectivity index (χ1v) is 2.15. The maximum atomic E-state index is 5.01. The van der Waals surface area contributed by atoms with Gasteiger partial charge in [0.2, 0.25) is 0 Å². The molecule has 0 bridgehead atoms. The van der Waals surface area contributed by atoms with Crippen LogP contribution in [0.3, 0.4) is 0 Å². The van der Waals surface area contributed by atoms with Gasteiger partial charge >= 0.3 is 0 Å². The molecule has 0 amide bonds. The lowest BCUT2D eigenvalue weighted by atomic mass is 10.1. The van der Waals surface area contributed by atoms with E-state index in [-0.39, 0.29) is 0 Å². The molecule has 0 aliphatic rings. The minimum atomic E-state index is 0.826. The summed E-state index contributed by atoms with van der Waals surface area (Å²) >= 11 is 0. The zero-order valence-corrected chi connectivity index (χ0v) is 4.17. The molecular formula is C5H6B2. The Morgan fingerprint density at radius 3 is 1.71 bits per heavy atom. The van der Waals surface area contributed by atoms with Crippen molar-refractivity contribution >= 4 is 15.7 Å². The van der Waals surface area contributed by atoms with Crippen LogP contribution in [-0.2, 0) is 0 Å². The fraction of sp³-hybridized carbons (Fsp3) is 0.200. The molecule has 0 aromatic rings. The second kappa shape index (κ2) is 5.61. The molecule has 0 saturated heterocycles. The molecule has 0 aliphatic heterocycles. The van der Waals surface area contributed by atoms with Crippen molar-refractivity contribution in [1.82, 2.24) is 0 Å². The van der Waals surface area contributed by atoms with Crippen LogP contribution in [0.4, 0.5) is 0 Å². The summed E-state index contributed by atoms with van der Waals surface area (Å²) in [6.45, 7) is 0. The van der Waals surface area contributed by atoms with Crippen molar-refractivity contribution < 1.29 is 0 Å². The monoisotopic (exact) mass is 88.1 g/mol. The summed E-state index contributed by atoms with van der Waals surface area (Å²) in [5, 5.41) is 0. The van der Waals surface area contributed by atoms with Crippen LogP contribution >= 0.6 is 0 Å². The molecule has 0 saturated carbocycles.